The molecule has 0 saturated heterocycles. The van der Waals surface area contributed by atoms with Gasteiger partial charge in [0.1, 0.15) is 0 Å². The van der Waals surface area contributed by atoms with E-state index in [0.717, 1.165) is 24.3 Å². The molecule has 1 rings (SSSR count). The lowest BCUT2D eigenvalue weighted by Gasteiger charge is -2.19. The van der Waals surface area contributed by atoms with E-state index in [2.05, 4.69) is 0 Å². The molecule has 0 aliphatic heterocycles. The van der Waals surface area contributed by atoms with Crippen LogP contribution in [-0.2, 0) is 19.6 Å². The van der Waals surface area contributed by atoms with E-state index in [1.807, 2.05) is 0 Å². The zero-order valence-electron chi connectivity index (χ0n) is 10.2. The van der Waals surface area contributed by atoms with E-state index in [4.69, 9.17) is 0 Å². The van der Waals surface area contributed by atoms with Gasteiger partial charge in [0, 0.05) is 24.5 Å². The lowest BCUT2D eigenvalue weighted by Crippen LogP contribution is -2.50. The molecule has 1 N–H and O–H groups in total. The molecule has 1 aromatic rings. The van der Waals surface area contributed by atoms with E-state index < -0.39 is 44.2 Å². The molecular formula is C10H8N2O8S-2. The predicted octanol–water partition coefficient (Wildman–Crippen LogP) is -2.87. The zero-order valence-corrected chi connectivity index (χ0v) is 11.0. The van der Waals surface area contributed by atoms with Crippen molar-refractivity contribution in [1.82, 2.24) is 4.72 Å². The molecule has 0 amide bonds. The lowest BCUT2D eigenvalue weighted by molar-refractivity contribution is -0.384. The predicted molar refractivity (Wildman–Crippen MR) is 61.8 cm³/mol. The first kappa shape index (κ1) is 16.5. The molecule has 0 fully saturated rings. The average molecular weight is 316 g/mol. The monoisotopic (exact) mass is 316 g/mol. The van der Waals surface area contributed by atoms with Crippen molar-refractivity contribution in [3.8, 4) is 0 Å². The number of nitrogens with zero attached hydrogens (tertiary/aromatic N) is 1. The molecule has 0 bridgehead atoms. The van der Waals surface area contributed by atoms with Crippen molar-refractivity contribution in [2.24, 2.45) is 0 Å². The number of carbonyl (C=O) groups excluding carboxylic acids is 2. The number of nitro benzene ring substituents is 1. The summed E-state index contributed by atoms with van der Waals surface area (Å²) < 4.78 is 25.3. The molecule has 0 aromatic heterocycles. The maximum Gasteiger partial charge on any atom is 0.269 e. The lowest BCUT2D eigenvalue weighted by atomic mass is 10.2. The molecule has 21 heavy (non-hydrogen) atoms. The van der Waals surface area contributed by atoms with E-state index in [1.54, 1.807) is 4.72 Å². The van der Waals surface area contributed by atoms with E-state index in [9.17, 15) is 38.3 Å². The Labute approximate surface area is 118 Å². The Balaban J connectivity index is 3.01. The van der Waals surface area contributed by atoms with Crippen molar-refractivity contribution in [3.05, 3.63) is 34.4 Å². The average Bonchev–Trinajstić information content (AvgIpc) is 2.37. The van der Waals surface area contributed by atoms with Crippen LogP contribution in [0.1, 0.15) is 6.42 Å². The van der Waals surface area contributed by atoms with E-state index >= 15 is 0 Å². The van der Waals surface area contributed by atoms with Crippen molar-refractivity contribution in [3.63, 3.8) is 0 Å². The summed E-state index contributed by atoms with van der Waals surface area (Å²) in [6.45, 7) is 0. The number of carboxylic acids is 2. The molecule has 0 spiro atoms. The van der Waals surface area contributed by atoms with Crippen LogP contribution in [0.15, 0.2) is 29.2 Å². The number of sulfonamides is 1. The molecule has 1 aromatic carbocycles. The number of benzene rings is 1. The van der Waals surface area contributed by atoms with Gasteiger partial charge in [0.15, 0.2) is 0 Å². The molecule has 1 atom stereocenters. The number of non-ortho nitro benzene ring substituents is 1. The molecular weight excluding hydrogens is 308 g/mol. The fraction of sp³-hybridized carbons (Fsp3) is 0.200. The Bertz CT molecular complexity index is 667. The number of carboxylic acid groups (broad SMARTS) is 2. The Kier molecular flexibility index (Phi) is 4.94. The van der Waals surface area contributed by atoms with Crippen molar-refractivity contribution in [2.45, 2.75) is 17.4 Å². The fourth-order valence-corrected chi connectivity index (χ4v) is 2.53. The molecule has 0 aliphatic rings. The summed E-state index contributed by atoms with van der Waals surface area (Å²) in [7, 11) is -4.38. The van der Waals surface area contributed by atoms with Crippen LogP contribution in [0.25, 0.3) is 0 Å². The van der Waals surface area contributed by atoms with Gasteiger partial charge in [0.2, 0.25) is 10.0 Å². The highest BCUT2D eigenvalue weighted by Gasteiger charge is 2.21. The number of nitrogens with one attached hydrogen (secondary N) is 1. The summed E-state index contributed by atoms with van der Waals surface area (Å²) in [6, 6.07) is 1.55. The summed E-state index contributed by atoms with van der Waals surface area (Å²) in [4.78, 5) is 30.2. The summed E-state index contributed by atoms with van der Waals surface area (Å²) in [5.74, 6) is -3.72. The zero-order chi connectivity index (χ0) is 16.2. The van der Waals surface area contributed by atoms with Gasteiger partial charge in [0.25, 0.3) is 5.69 Å². The fourth-order valence-electron chi connectivity index (χ4n) is 1.34. The highest BCUT2D eigenvalue weighted by Crippen LogP contribution is 2.16. The van der Waals surface area contributed by atoms with E-state index in [0.29, 0.717) is 0 Å². The first-order valence-electron chi connectivity index (χ1n) is 5.31. The number of hydrogen-bond donors (Lipinski definition) is 1. The molecule has 10 nitrogen and oxygen atoms in total. The van der Waals surface area contributed by atoms with Gasteiger partial charge in [0.05, 0.1) is 21.8 Å². The summed E-state index contributed by atoms with van der Waals surface area (Å²) in [5.41, 5.74) is -0.361. The van der Waals surface area contributed by atoms with Crippen LogP contribution in [0.2, 0.25) is 0 Å². The van der Waals surface area contributed by atoms with Gasteiger partial charge >= 0.3 is 0 Å². The smallest absolute Gasteiger partial charge is 0.269 e. The standard InChI is InChI=1S/C10H10N2O8S/c13-9(14)5-8(10(15)16)11-21(19,20)7-3-1-6(2-4-7)12(17)18/h1-4,8,11H,5H2,(H,13,14)(H,15,16)/p-2. The van der Waals surface area contributed by atoms with Gasteiger partial charge in [-0.05, 0) is 12.1 Å². The van der Waals surface area contributed by atoms with Crippen molar-refractivity contribution in [2.75, 3.05) is 0 Å². The normalized spacial score (nSPS) is 12.6. The second kappa shape index (κ2) is 6.28. The minimum Gasteiger partial charge on any atom is -0.550 e. The molecule has 0 radical (unpaired) electrons. The first-order valence-corrected chi connectivity index (χ1v) is 6.79. The topological polar surface area (TPSA) is 170 Å². The van der Waals surface area contributed by atoms with Crippen molar-refractivity contribution in [1.29, 1.82) is 0 Å². The summed E-state index contributed by atoms with van der Waals surface area (Å²) in [5, 5.41) is 31.4. The van der Waals surface area contributed by atoms with Crippen LogP contribution in [0.5, 0.6) is 0 Å². The molecule has 0 aliphatic carbocycles. The van der Waals surface area contributed by atoms with E-state index in [-0.39, 0.29) is 5.69 Å². The van der Waals surface area contributed by atoms with Crippen LogP contribution < -0.4 is 14.9 Å². The van der Waals surface area contributed by atoms with Crippen molar-refractivity contribution < 1.29 is 33.1 Å². The minimum absolute atomic E-state index is 0.361. The minimum atomic E-state index is -4.38. The van der Waals surface area contributed by atoms with Gasteiger partial charge in [-0.25, -0.2) is 13.1 Å². The molecule has 1 unspecified atom stereocenters. The first-order chi connectivity index (χ1) is 9.63. The van der Waals surface area contributed by atoms with Crippen LogP contribution in [0.3, 0.4) is 0 Å². The van der Waals surface area contributed by atoms with Gasteiger partial charge in [-0.3, -0.25) is 10.1 Å². The summed E-state index contributed by atoms with van der Waals surface area (Å²) in [6.07, 6.45) is -1.12. The Morgan fingerprint density at radius 3 is 2.10 bits per heavy atom. The molecule has 114 valence electrons. The third-order valence-corrected chi connectivity index (χ3v) is 3.80. The third-order valence-electron chi connectivity index (χ3n) is 2.31. The van der Waals surface area contributed by atoms with E-state index in [1.165, 1.54) is 0 Å². The number of rotatable bonds is 7. The third kappa shape index (κ3) is 4.50. The van der Waals surface area contributed by atoms with Gasteiger partial charge in [-0.1, -0.05) is 0 Å². The number of hydrogen-bond acceptors (Lipinski definition) is 8. The number of aliphatic carboxylic acids is 2. The van der Waals surface area contributed by atoms with Crippen LogP contribution in [0.4, 0.5) is 5.69 Å². The van der Waals surface area contributed by atoms with Gasteiger partial charge < -0.3 is 19.8 Å². The van der Waals surface area contributed by atoms with Gasteiger partial charge in [-0.2, -0.15) is 0 Å². The van der Waals surface area contributed by atoms with Gasteiger partial charge in [-0.15, -0.1) is 0 Å². The van der Waals surface area contributed by atoms with Crippen LogP contribution >= 0.6 is 0 Å². The quantitative estimate of drug-likeness (QED) is 0.413. The maximum absolute atomic E-state index is 11.8. The second-order valence-electron chi connectivity index (χ2n) is 3.82. The molecule has 0 heterocycles. The number of carbonyl (C=O) groups is 2. The highest BCUT2D eigenvalue weighted by molar-refractivity contribution is 7.89. The Morgan fingerprint density at radius 2 is 1.71 bits per heavy atom. The largest absolute Gasteiger partial charge is 0.550 e. The Morgan fingerprint density at radius 1 is 1.19 bits per heavy atom. The Hall–Kier alpha value is -2.53. The maximum atomic E-state index is 11.8. The van der Waals surface area contributed by atoms with Crippen LogP contribution in [-0.4, -0.2) is 31.3 Å². The van der Waals surface area contributed by atoms with Crippen molar-refractivity contribution >= 4 is 27.6 Å². The SMILES string of the molecule is O=C([O-])CC(NS(=O)(=O)c1ccc([N+](=O)[O-])cc1)C(=O)[O-]. The van der Waals surface area contributed by atoms with Crippen LogP contribution in [0, 0.1) is 10.1 Å². The highest BCUT2D eigenvalue weighted by atomic mass is 32.2. The summed E-state index contributed by atoms with van der Waals surface area (Å²) >= 11 is 0. The molecule has 11 heteroatoms. The molecule has 0 saturated carbocycles. The second-order valence-corrected chi connectivity index (χ2v) is 5.53. The number of nitro groups is 1.